The summed E-state index contributed by atoms with van der Waals surface area (Å²) in [4.78, 5) is 18.4. The molecule has 0 aliphatic rings. The standard InChI is InChI=1S/C8H12N4O3/c1-11-6(9)4-3-5(7(10)13)8(14)15-12-2/h1-2,4-5,7,13H,3,9-10H2/q+2/b6-4+/t5-,7+/m0/s1. The molecule has 2 atom stereocenters. The van der Waals surface area contributed by atoms with E-state index in [-0.39, 0.29) is 12.2 Å². The van der Waals surface area contributed by atoms with Gasteiger partial charge in [-0.15, -0.1) is 0 Å². The lowest BCUT2D eigenvalue weighted by Crippen LogP contribution is -2.35. The topological polar surface area (TPSA) is 107 Å². The summed E-state index contributed by atoms with van der Waals surface area (Å²) in [5.41, 5.74) is 10.4. The molecule has 0 saturated carbocycles. The molecule has 0 radical (unpaired) electrons. The quantitative estimate of drug-likeness (QED) is 0.428. The predicted molar refractivity (Wildman–Crippen MR) is 53.3 cm³/mol. The maximum atomic E-state index is 11.1. The summed E-state index contributed by atoms with van der Waals surface area (Å²) in [6, 6.07) is 0. The number of hydrogen-bond acceptors (Lipinski definition) is 5. The van der Waals surface area contributed by atoms with Gasteiger partial charge in [0.1, 0.15) is 18.7 Å². The fourth-order valence-corrected chi connectivity index (χ4v) is 0.795. The Morgan fingerprint density at radius 1 is 1.60 bits per heavy atom. The van der Waals surface area contributed by atoms with Crippen LogP contribution >= 0.6 is 0 Å². The Kier molecular flexibility index (Phi) is 5.49. The molecule has 0 fully saturated rings. The zero-order valence-corrected chi connectivity index (χ0v) is 7.91. The van der Waals surface area contributed by atoms with E-state index in [0.29, 0.717) is 0 Å². The molecule has 0 unspecified atom stereocenters. The Bertz CT molecular complexity index is 337. The van der Waals surface area contributed by atoms with Crippen molar-refractivity contribution >= 4 is 5.97 Å². The van der Waals surface area contributed by atoms with Crippen LogP contribution in [0.2, 0.25) is 0 Å². The van der Waals surface area contributed by atoms with Crippen molar-refractivity contribution in [3.05, 3.63) is 21.8 Å². The van der Waals surface area contributed by atoms with Gasteiger partial charge in [0.25, 0.3) is 0 Å². The summed E-state index contributed by atoms with van der Waals surface area (Å²) < 4.78 is 0. The Labute approximate surface area is 86.5 Å². The molecule has 0 aromatic rings. The van der Waals surface area contributed by atoms with Crippen LogP contribution in [0.4, 0.5) is 0 Å². The first-order valence-corrected chi connectivity index (χ1v) is 3.94. The van der Waals surface area contributed by atoms with Crippen LogP contribution in [0.15, 0.2) is 11.9 Å². The monoisotopic (exact) mass is 212 g/mol. The minimum absolute atomic E-state index is 0.0122. The highest BCUT2D eigenvalue weighted by Gasteiger charge is 2.29. The largest absolute Gasteiger partial charge is 0.406 e. The summed E-state index contributed by atoms with van der Waals surface area (Å²) in [7, 11) is 0. The minimum Gasteiger partial charge on any atom is -0.378 e. The van der Waals surface area contributed by atoms with E-state index < -0.39 is 18.1 Å². The number of hydrogen-bond donors (Lipinski definition) is 3. The van der Waals surface area contributed by atoms with Gasteiger partial charge in [-0.1, -0.05) is 4.84 Å². The van der Waals surface area contributed by atoms with Crippen molar-refractivity contribution in [2.45, 2.75) is 12.6 Å². The molecule has 7 heteroatoms. The average Bonchev–Trinajstić information content (AvgIpc) is 2.17. The fourth-order valence-electron chi connectivity index (χ4n) is 0.795. The number of allylic oxidation sites excluding steroid dienone is 1. The van der Waals surface area contributed by atoms with E-state index in [2.05, 4.69) is 21.3 Å². The van der Waals surface area contributed by atoms with Crippen LogP contribution in [-0.4, -0.2) is 17.3 Å². The Morgan fingerprint density at radius 3 is 2.60 bits per heavy atom. The molecular weight excluding hydrogens is 200 g/mol. The van der Waals surface area contributed by atoms with Crippen molar-refractivity contribution in [1.29, 1.82) is 0 Å². The van der Waals surface area contributed by atoms with E-state index in [1.54, 1.807) is 0 Å². The average molecular weight is 212 g/mol. The lowest BCUT2D eigenvalue weighted by molar-refractivity contribution is -0.146. The predicted octanol–water partition coefficient (Wildman–Crippen LogP) is -0.546. The van der Waals surface area contributed by atoms with Crippen molar-refractivity contribution < 1.29 is 14.7 Å². The molecule has 0 rings (SSSR count). The molecule has 0 saturated heterocycles. The summed E-state index contributed by atoms with van der Waals surface area (Å²) >= 11 is 0. The first kappa shape index (κ1) is 12.9. The van der Waals surface area contributed by atoms with E-state index >= 15 is 0 Å². The summed E-state index contributed by atoms with van der Waals surface area (Å²) in [6.07, 6.45) is -0.0852. The number of carbonyl (C=O) groups is 1. The third-order valence-electron chi connectivity index (χ3n) is 1.59. The second kappa shape index (κ2) is 6.38. The van der Waals surface area contributed by atoms with Gasteiger partial charge >= 0.3 is 18.4 Å². The van der Waals surface area contributed by atoms with Crippen molar-refractivity contribution in [2.75, 3.05) is 0 Å². The molecule has 5 N–H and O–H groups in total. The Morgan fingerprint density at radius 2 is 2.20 bits per heavy atom. The number of rotatable bonds is 4. The Balaban J connectivity index is 4.51. The van der Waals surface area contributed by atoms with E-state index in [0.717, 1.165) is 0 Å². The molecule has 0 aromatic heterocycles. The minimum atomic E-state index is -1.42. The van der Waals surface area contributed by atoms with E-state index in [1.807, 2.05) is 0 Å². The maximum absolute atomic E-state index is 11.1. The molecule has 0 aliphatic carbocycles. The molecule has 7 nitrogen and oxygen atoms in total. The molecule has 0 bridgehead atoms. The first-order valence-electron chi connectivity index (χ1n) is 3.94. The highest BCUT2D eigenvalue weighted by molar-refractivity contribution is 5.73. The molecular formula is C8H12N4O3+2. The molecule has 0 amide bonds. The van der Waals surface area contributed by atoms with Crippen molar-refractivity contribution in [2.24, 2.45) is 17.4 Å². The highest BCUT2D eigenvalue weighted by atomic mass is 16.7. The molecule has 0 heterocycles. The summed E-state index contributed by atoms with van der Waals surface area (Å²) in [6.45, 7) is 9.48. The van der Waals surface area contributed by atoms with Gasteiger partial charge in [-0.25, -0.2) is 4.79 Å². The van der Waals surface area contributed by atoms with Crippen LogP contribution in [0.5, 0.6) is 0 Å². The van der Waals surface area contributed by atoms with Crippen molar-refractivity contribution in [3.63, 3.8) is 0 Å². The van der Waals surface area contributed by atoms with Gasteiger partial charge in [0.2, 0.25) is 5.01 Å². The lowest BCUT2D eigenvalue weighted by Gasteiger charge is -2.10. The zero-order chi connectivity index (χ0) is 11.8. The number of carbonyl (C=O) groups excluding carboxylic acids is 1. The molecule has 0 aliphatic heterocycles. The van der Waals surface area contributed by atoms with Gasteiger partial charge < -0.3 is 10.8 Å². The second-order valence-electron chi connectivity index (χ2n) is 2.61. The summed E-state index contributed by atoms with van der Waals surface area (Å²) in [5.74, 6) is -1.88. The lowest BCUT2D eigenvalue weighted by atomic mass is 10.0. The molecule has 80 valence electrons. The van der Waals surface area contributed by atoms with Crippen LogP contribution in [0.3, 0.4) is 0 Å². The third-order valence-corrected chi connectivity index (χ3v) is 1.59. The van der Waals surface area contributed by atoms with Gasteiger partial charge in [0.05, 0.1) is 0 Å². The van der Waals surface area contributed by atoms with E-state index in [4.69, 9.17) is 23.1 Å². The molecule has 15 heavy (non-hydrogen) atoms. The van der Waals surface area contributed by atoms with Gasteiger partial charge in [-0.05, 0) is 6.42 Å². The normalized spacial score (nSPS) is 14.5. The highest BCUT2D eigenvalue weighted by Crippen LogP contribution is 2.10. The van der Waals surface area contributed by atoms with E-state index in [9.17, 15) is 4.79 Å². The maximum Gasteiger partial charge on any atom is 0.406 e. The van der Waals surface area contributed by atoms with Crippen molar-refractivity contribution in [1.82, 2.24) is 0 Å². The van der Waals surface area contributed by atoms with Gasteiger partial charge in [-0.3, -0.25) is 5.73 Å². The van der Waals surface area contributed by atoms with Gasteiger partial charge in [-0.2, -0.15) is 4.85 Å². The fraction of sp³-hybridized carbons (Fsp3) is 0.375. The van der Waals surface area contributed by atoms with Crippen LogP contribution in [0.25, 0.3) is 9.85 Å². The summed E-state index contributed by atoms with van der Waals surface area (Å²) in [5, 5.41) is 11.7. The molecule has 0 spiro atoms. The van der Waals surface area contributed by atoms with E-state index in [1.165, 1.54) is 6.08 Å². The number of aliphatic hydroxyl groups is 1. The smallest absolute Gasteiger partial charge is 0.378 e. The first-order chi connectivity index (χ1) is 7.02. The van der Waals surface area contributed by atoms with Crippen LogP contribution < -0.4 is 11.5 Å². The van der Waals surface area contributed by atoms with Crippen LogP contribution in [-0.2, 0) is 9.63 Å². The number of aliphatic hydroxyl groups excluding tert-OH is 1. The van der Waals surface area contributed by atoms with Gasteiger partial charge in [0, 0.05) is 6.08 Å². The number of nitrogens with two attached hydrogens (primary N) is 2. The second-order valence-corrected chi connectivity index (χ2v) is 2.61. The van der Waals surface area contributed by atoms with Crippen LogP contribution in [0.1, 0.15) is 6.42 Å². The van der Waals surface area contributed by atoms with Gasteiger partial charge in [0.15, 0.2) is 0 Å². The SMILES string of the molecule is C#[N+]OC(=O)[C@@H](C/C=C(\N)[N+]#C)[C@H](N)O. The Hall–Kier alpha value is -2.09. The number of nitrogens with zero attached hydrogens (tertiary/aromatic N) is 2. The third kappa shape index (κ3) is 4.62. The van der Waals surface area contributed by atoms with Crippen LogP contribution in [0, 0.1) is 19.1 Å². The van der Waals surface area contributed by atoms with Crippen molar-refractivity contribution in [3.8, 4) is 13.1 Å². The molecule has 0 aromatic carbocycles. The zero-order valence-electron chi connectivity index (χ0n) is 7.91.